The van der Waals surface area contributed by atoms with Gasteiger partial charge in [-0.2, -0.15) is 0 Å². The molecule has 0 spiro atoms. The average Bonchev–Trinajstić information content (AvgIpc) is 2.82. The summed E-state index contributed by atoms with van der Waals surface area (Å²) in [6.07, 6.45) is -3.24. The van der Waals surface area contributed by atoms with Crippen LogP contribution in [0.5, 0.6) is 11.5 Å². The van der Waals surface area contributed by atoms with E-state index in [0.717, 1.165) is 0 Å². The monoisotopic (exact) mass is 319 g/mol. The van der Waals surface area contributed by atoms with Gasteiger partial charge in [0.15, 0.2) is 6.10 Å². The van der Waals surface area contributed by atoms with Crippen molar-refractivity contribution in [2.45, 2.75) is 18.3 Å². The summed E-state index contributed by atoms with van der Waals surface area (Å²) in [5, 5.41) is 29.4. The molecule has 0 amide bonds. The molecule has 1 aromatic carbocycles. The molecule has 0 radical (unpaired) electrons. The smallest absolute Gasteiger partial charge is 0.343 e. The van der Waals surface area contributed by atoms with Gasteiger partial charge < -0.3 is 24.8 Å². The van der Waals surface area contributed by atoms with Gasteiger partial charge in [-0.15, -0.1) is 0 Å². The van der Waals surface area contributed by atoms with Gasteiger partial charge in [0, 0.05) is 11.6 Å². The average molecular weight is 319 g/mol. The molecule has 23 heavy (non-hydrogen) atoms. The molecule has 0 saturated carbocycles. The number of Topliss-reactive ketones (excluding diaryl/α,β-unsaturated/α-hetero) is 1. The van der Waals surface area contributed by atoms with Crippen LogP contribution in [-0.2, 0) is 14.3 Å². The highest BCUT2D eigenvalue weighted by Crippen LogP contribution is 2.30. The summed E-state index contributed by atoms with van der Waals surface area (Å²) in [6, 6.07) is 6.21. The molecule has 2 unspecified atom stereocenters. The molecule has 2 heterocycles. The van der Waals surface area contributed by atoms with Gasteiger partial charge in [0.25, 0.3) is 0 Å². The van der Waals surface area contributed by atoms with E-state index in [0.29, 0.717) is 16.7 Å². The predicted octanol–water partition coefficient (Wildman–Crippen LogP) is -0.465. The molecule has 0 bridgehead atoms. The number of fused-ring (bicyclic) bond motifs is 1. The Bertz CT molecular complexity index is 776. The summed E-state index contributed by atoms with van der Waals surface area (Å²) in [5.41, 5.74) is 0.332. The second-order valence-electron chi connectivity index (χ2n) is 5.02. The Labute approximate surface area is 129 Å². The summed E-state index contributed by atoms with van der Waals surface area (Å²) < 4.78 is 10.1. The lowest BCUT2D eigenvalue weighted by Crippen LogP contribution is -2.38. The van der Waals surface area contributed by atoms with Gasteiger partial charge in [-0.3, -0.25) is 9.78 Å². The quantitative estimate of drug-likeness (QED) is 0.510. The number of cyclic esters (lactones) is 1. The number of hydrogen-bond acceptors (Lipinski definition) is 8. The summed E-state index contributed by atoms with van der Waals surface area (Å²) in [6.45, 7) is -0.342. The number of aromatic nitrogens is 1. The third-order valence-electron chi connectivity index (χ3n) is 3.48. The topological polar surface area (TPSA) is 126 Å². The fraction of sp³-hybridized carbons (Fsp3) is 0.267. The molecule has 1 aromatic heterocycles. The number of carbonyl (C=O) groups is 2. The number of aliphatic hydroxyl groups excluding tert-OH is 2. The van der Waals surface area contributed by atoms with Crippen LogP contribution in [-0.4, -0.2) is 57.0 Å². The lowest BCUT2D eigenvalue weighted by molar-refractivity contribution is -0.151. The first-order valence-electron chi connectivity index (χ1n) is 6.79. The van der Waals surface area contributed by atoms with Gasteiger partial charge >= 0.3 is 5.97 Å². The van der Waals surface area contributed by atoms with E-state index in [1.165, 1.54) is 18.3 Å². The van der Waals surface area contributed by atoms with Crippen molar-refractivity contribution >= 4 is 22.7 Å². The van der Waals surface area contributed by atoms with Gasteiger partial charge in [-0.05, 0) is 24.3 Å². The first-order valence-corrected chi connectivity index (χ1v) is 6.79. The Hall–Kier alpha value is -2.71. The lowest BCUT2D eigenvalue weighted by atomic mass is 10.1. The highest BCUT2D eigenvalue weighted by atomic mass is 16.6. The molecule has 8 nitrogen and oxygen atoms in total. The molecule has 1 fully saturated rings. The number of pyridine rings is 1. The second kappa shape index (κ2) is 5.82. The van der Waals surface area contributed by atoms with E-state index in [1.54, 1.807) is 12.1 Å². The highest BCUT2D eigenvalue weighted by molar-refractivity contribution is 6.09. The standard InChI is InChI=1S/C15H13NO7/c17-8-3-4-10(7-2-1-5-16-11(7)8)22-6-9(18)14-12(19)13(20)15(21)23-14/h1-5,9,13-14,17-18,20H,6H2/t9?,13?,14-/m1/s1. The van der Waals surface area contributed by atoms with Crippen LogP contribution in [0.15, 0.2) is 30.5 Å². The number of ketones is 1. The van der Waals surface area contributed by atoms with E-state index in [4.69, 9.17) is 4.74 Å². The van der Waals surface area contributed by atoms with Crippen LogP contribution in [0.3, 0.4) is 0 Å². The summed E-state index contributed by atoms with van der Waals surface area (Å²) in [5.74, 6) is -1.67. The molecular weight excluding hydrogens is 306 g/mol. The zero-order chi connectivity index (χ0) is 16.6. The number of esters is 1. The van der Waals surface area contributed by atoms with Gasteiger partial charge in [0.05, 0.1) is 0 Å². The molecule has 2 aromatic rings. The third-order valence-corrected chi connectivity index (χ3v) is 3.48. The molecule has 3 rings (SSSR count). The number of phenols is 1. The molecule has 1 aliphatic heterocycles. The maximum Gasteiger partial charge on any atom is 0.343 e. The third kappa shape index (κ3) is 2.69. The zero-order valence-electron chi connectivity index (χ0n) is 11.7. The van der Waals surface area contributed by atoms with Crippen LogP contribution in [0.2, 0.25) is 0 Å². The van der Waals surface area contributed by atoms with Gasteiger partial charge in [-0.1, -0.05) is 0 Å². The molecule has 0 aliphatic carbocycles. The first-order chi connectivity index (χ1) is 11.0. The maximum absolute atomic E-state index is 11.6. The number of aromatic hydroxyl groups is 1. The minimum Gasteiger partial charge on any atom is -0.506 e. The highest BCUT2D eigenvalue weighted by Gasteiger charge is 2.46. The van der Waals surface area contributed by atoms with Crippen molar-refractivity contribution < 1.29 is 34.4 Å². The Morgan fingerprint density at radius 1 is 1.30 bits per heavy atom. The van der Waals surface area contributed by atoms with Crippen molar-refractivity contribution in [2.24, 2.45) is 0 Å². The van der Waals surface area contributed by atoms with Crippen LogP contribution in [0.25, 0.3) is 10.9 Å². The number of rotatable bonds is 4. The lowest BCUT2D eigenvalue weighted by Gasteiger charge is -2.17. The number of carbonyl (C=O) groups excluding carboxylic acids is 2. The van der Waals surface area contributed by atoms with E-state index in [1.807, 2.05) is 0 Å². The van der Waals surface area contributed by atoms with Gasteiger partial charge in [0.2, 0.25) is 11.9 Å². The van der Waals surface area contributed by atoms with Crippen molar-refractivity contribution in [2.75, 3.05) is 6.61 Å². The Morgan fingerprint density at radius 3 is 2.78 bits per heavy atom. The molecule has 1 saturated heterocycles. The number of hydrogen-bond donors (Lipinski definition) is 3. The van der Waals surface area contributed by atoms with E-state index >= 15 is 0 Å². The van der Waals surface area contributed by atoms with Crippen LogP contribution in [0.4, 0.5) is 0 Å². The zero-order valence-corrected chi connectivity index (χ0v) is 11.7. The molecular formula is C15H13NO7. The largest absolute Gasteiger partial charge is 0.506 e. The SMILES string of the molecule is O=C1O[C@H](C(O)COc2ccc(O)c3ncccc23)C(=O)C1O. The van der Waals surface area contributed by atoms with Crippen molar-refractivity contribution in [1.82, 2.24) is 4.98 Å². The summed E-state index contributed by atoms with van der Waals surface area (Å²) >= 11 is 0. The van der Waals surface area contributed by atoms with Crippen molar-refractivity contribution in [1.29, 1.82) is 0 Å². The van der Waals surface area contributed by atoms with Crippen LogP contribution in [0.1, 0.15) is 0 Å². The van der Waals surface area contributed by atoms with Crippen LogP contribution < -0.4 is 4.74 Å². The number of ether oxygens (including phenoxy) is 2. The van der Waals surface area contributed by atoms with Crippen molar-refractivity contribution in [3.05, 3.63) is 30.5 Å². The number of benzene rings is 1. The Kier molecular flexibility index (Phi) is 3.85. The molecule has 3 N–H and O–H groups in total. The van der Waals surface area contributed by atoms with E-state index in [9.17, 15) is 24.9 Å². The van der Waals surface area contributed by atoms with E-state index in [-0.39, 0.29) is 12.4 Å². The number of nitrogens with zero attached hydrogens (tertiary/aromatic N) is 1. The van der Waals surface area contributed by atoms with E-state index < -0.39 is 30.1 Å². The first kappa shape index (κ1) is 15.2. The van der Waals surface area contributed by atoms with Gasteiger partial charge in [0.1, 0.15) is 29.7 Å². The Balaban J connectivity index is 1.75. The normalized spacial score (nSPS) is 22.2. The number of phenolic OH excluding ortho intramolecular Hbond substituents is 1. The van der Waals surface area contributed by atoms with Crippen molar-refractivity contribution in [3.8, 4) is 11.5 Å². The Morgan fingerprint density at radius 2 is 2.09 bits per heavy atom. The fourth-order valence-electron chi connectivity index (χ4n) is 2.31. The number of aliphatic hydroxyl groups is 2. The van der Waals surface area contributed by atoms with Gasteiger partial charge in [-0.25, -0.2) is 4.79 Å². The second-order valence-corrected chi connectivity index (χ2v) is 5.02. The molecule has 1 aliphatic rings. The predicted molar refractivity (Wildman–Crippen MR) is 75.8 cm³/mol. The molecule has 3 atom stereocenters. The maximum atomic E-state index is 11.6. The molecule has 8 heteroatoms. The van der Waals surface area contributed by atoms with E-state index in [2.05, 4.69) is 9.72 Å². The summed E-state index contributed by atoms with van der Waals surface area (Å²) in [4.78, 5) is 26.7. The summed E-state index contributed by atoms with van der Waals surface area (Å²) in [7, 11) is 0. The molecule has 120 valence electrons. The minimum atomic E-state index is -1.87. The van der Waals surface area contributed by atoms with Crippen molar-refractivity contribution in [3.63, 3.8) is 0 Å². The minimum absolute atomic E-state index is 0.0171. The fourth-order valence-corrected chi connectivity index (χ4v) is 2.31. The van der Waals surface area contributed by atoms with Crippen LogP contribution >= 0.6 is 0 Å². The van der Waals surface area contributed by atoms with Crippen LogP contribution in [0, 0.1) is 0 Å².